The van der Waals surface area contributed by atoms with E-state index in [1.165, 1.54) is 6.26 Å². The van der Waals surface area contributed by atoms with Gasteiger partial charge < -0.3 is 4.74 Å². The molecule has 15 heavy (non-hydrogen) atoms. The molecule has 1 heterocycles. The first-order valence-electron chi connectivity index (χ1n) is 4.14. The molecule has 0 saturated carbocycles. The summed E-state index contributed by atoms with van der Waals surface area (Å²) in [6, 6.07) is 0. The Labute approximate surface area is 101 Å². The van der Waals surface area contributed by atoms with Gasteiger partial charge in [-0.25, -0.2) is 0 Å². The second kappa shape index (κ2) is 5.05. The first kappa shape index (κ1) is 12.6. The molecule has 0 atom stereocenters. The van der Waals surface area contributed by atoms with Gasteiger partial charge in [-0.15, -0.1) is 0 Å². The summed E-state index contributed by atoms with van der Waals surface area (Å²) in [5, 5.41) is 1.97. The fourth-order valence-electron chi connectivity index (χ4n) is 0.986. The molecule has 84 valence electrons. The molecule has 0 saturated heterocycles. The first-order valence-corrected chi connectivity index (χ1v) is 5.28. The second-order valence-electron chi connectivity index (χ2n) is 2.90. The molecular weight excluding hydrogens is 264 g/mol. The van der Waals surface area contributed by atoms with E-state index < -0.39 is 15.6 Å². The van der Waals surface area contributed by atoms with Crippen LogP contribution in [-0.2, 0) is 14.3 Å². The Hall–Kier alpha value is -0.450. The summed E-state index contributed by atoms with van der Waals surface area (Å²) < 4.78 is 2.80. The molecule has 0 fully saturated rings. The van der Waals surface area contributed by atoms with Crippen LogP contribution in [0.15, 0.2) is 11.8 Å². The molecule has 0 aromatic rings. The monoisotopic (exact) mass is 271 g/mol. The van der Waals surface area contributed by atoms with Crippen LogP contribution in [0.2, 0.25) is 0 Å². The molecule has 1 rings (SSSR count). The lowest BCUT2D eigenvalue weighted by Crippen LogP contribution is -2.39. The topological polar surface area (TPSA) is 55.4 Å². The molecule has 1 aliphatic heterocycles. The Morgan fingerprint density at radius 3 is 2.53 bits per heavy atom. The molecule has 0 aromatic heterocycles. The molecule has 1 aliphatic rings. The summed E-state index contributed by atoms with van der Waals surface area (Å²) >= 11 is 15.8. The van der Waals surface area contributed by atoms with E-state index in [1.54, 1.807) is 0 Å². The van der Waals surface area contributed by atoms with Crippen LogP contribution in [0.1, 0.15) is 12.8 Å². The van der Waals surface area contributed by atoms with Crippen molar-refractivity contribution in [3.05, 3.63) is 11.8 Å². The molecular formula is C8H8Cl3NO3. The first-order chi connectivity index (χ1) is 6.91. The van der Waals surface area contributed by atoms with Crippen molar-refractivity contribution in [3.8, 4) is 0 Å². The van der Waals surface area contributed by atoms with Crippen LogP contribution in [0.5, 0.6) is 0 Å². The highest BCUT2D eigenvalue weighted by molar-refractivity contribution is 6.76. The van der Waals surface area contributed by atoms with Crippen molar-refractivity contribution < 1.29 is 14.3 Å². The maximum atomic E-state index is 11.4. The summed E-state index contributed by atoms with van der Waals surface area (Å²) in [5.74, 6) is -1.56. The molecule has 1 N–H and O–H groups in total. The van der Waals surface area contributed by atoms with Gasteiger partial charge in [-0.3, -0.25) is 14.9 Å². The lowest BCUT2D eigenvalue weighted by atomic mass is 10.1. The van der Waals surface area contributed by atoms with Gasteiger partial charge in [-0.05, 0) is 12.8 Å². The highest BCUT2D eigenvalue weighted by atomic mass is 35.6. The number of rotatable bonds is 1. The summed E-state index contributed by atoms with van der Waals surface area (Å²) in [6.07, 6.45) is 2.57. The average molecular weight is 273 g/mol. The van der Waals surface area contributed by atoms with Crippen LogP contribution < -0.4 is 5.32 Å². The van der Waals surface area contributed by atoms with Crippen LogP contribution in [0.4, 0.5) is 0 Å². The number of alkyl halides is 3. The highest BCUT2D eigenvalue weighted by Crippen LogP contribution is 2.26. The molecule has 0 aliphatic carbocycles. The minimum atomic E-state index is -2.13. The van der Waals surface area contributed by atoms with Gasteiger partial charge in [0.2, 0.25) is 0 Å². The molecule has 0 aromatic carbocycles. The standard InChI is InChI=1S/C8H8Cl3NO3/c9-8(10,11)7(14)12-6(13)5-2-1-3-15-4-5/h4H,1-3H2,(H,12,13,14). The van der Waals surface area contributed by atoms with E-state index in [1.807, 2.05) is 5.32 Å². The zero-order chi connectivity index (χ0) is 11.5. The van der Waals surface area contributed by atoms with E-state index in [0.717, 1.165) is 6.42 Å². The quantitative estimate of drug-likeness (QED) is 0.739. The van der Waals surface area contributed by atoms with E-state index in [-0.39, 0.29) is 0 Å². The number of amides is 2. The maximum Gasteiger partial charge on any atom is 0.278 e. The van der Waals surface area contributed by atoms with Crippen molar-refractivity contribution in [1.29, 1.82) is 0 Å². The van der Waals surface area contributed by atoms with E-state index >= 15 is 0 Å². The fraction of sp³-hybridized carbons (Fsp3) is 0.500. The van der Waals surface area contributed by atoms with Crippen LogP contribution >= 0.6 is 34.8 Å². The number of hydrogen-bond donors (Lipinski definition) is 1. The molecule has 0 bridgehead atoms. The summed E-state index contributed by atoms with van der Waals surface area (Å²) in [5.41, 5.74) is 0.365. The summed E-state index contributed by atoms with van der Waals surface area (Å²) in [7, 11) is 0. The number of imide groups is 1. The van der Waals surface area contributed by atoms with Crippen molar-refractivity contribution in [2.24, 2.45) is 0 Å². The lowest BCUT2D eigenvalue weighted by Gasteiger charge is -2.14. The normalized spacial score (nSPS) is 16.3. The van der Waals surface area contributed by atoms with Crippen LogP contribution in [-0.4, -0.2) is 22.2 Å². The highest BCUT2D eigenvalue weighted by Gasteiger charge is 2.32. The minimum Gasteiger partial charge on any atom is -0.501 e. The van der Waals surface area contributed by atoms with Crippen LogP contribution in [0, 0.1) is 0 Å². The third-order valence-electron chi connectivity index (χ3n) is 1.71. The SMILES string of the molecule is O=C(NC(=O)C(Cl)(Cl)Cl)C1=COCCC1. The fourth-order valence-corrected chi connectivity index (χ4v) is 1.13. The van der Waals surface area contributed by atoms with E-state index in [4.69, 9.17) is 39.5 Å². The second-order valence-corrected chi connectivity index (χ2v) is 5.18. The van der Waals surface area contributed by atoms with Gasteiger partial charge in [-0.1, -0.05) is 34.8 Å². The molecule has 2 amide bonds. The number of carbonyl (C=O) groups is 2. The summed E-state index contributed by atoms with van der Waals surface area (Å²) in [4.78, 5) is 22.5. The lowest BCUT2D eigenvalue weighted by molar-refractivity contribution is -0.128. The minimum absolute atomic E-state index is 0.365. The average Bonchev–Trinajstić information content (AvgIpc) is 2.17. The van der Waals surface area contributed by atoms with Crippen molar-refractivity contribution in [2.45, 2.75) is 16.6 Å². The van der Waals surface area contributed by atoms with Gasteiger partial charge in [0, 0.05) is 0 Å². The molecule has 7 heteroatoms. The third-order valence-corrected chi connectivity index (χ3v) is 2.23. The maximum absolute atomic E-state index is 11.4. The molecule has 4 nitrogen and oxygen atoms in total. The van der Waals surface area contributed by atoms with Crippen molar-refractivity contribution in [2.75, 3.05) is 6.61 Å². The molecule has 0 unspecified atom stereocenters. The zero-order valence-electron chi connectivity index (χ0n) is 7.56. The largest absolute Gasteiger partial charge is 0.501 e. The Balaban J connectivity index is 2.56. The van der Waals surface area contributed by atoms with Gasteiger partial charge >= 0.3 is 0 Å². The van der Waals surface area contributed by atoms with E-state index in [0.29, 0.717) is 18.6 Å². The Morgan fingerprint density at radius 1 is 1.40 bits per heavy atom. The number of hydrogen-bond acceptors (Lipinski definition) is 3. The number of nitrogens with one attached hydrogen (secondary N) is 1. The van der Waals surface area contributed by atoms with Crippen LogP contribution in [0.3, 0.4) is 0 Å². The number of halogens is 3. The smallest absolute Gasteiger partial charge is 0.278 e. The van der Waals surface area contributed by atoms with Gasteiger partial charge in [0.05, 0.1) is 18.4 Å². The number of ether oxygens (including phenoxy) is 1. The zero-order valence-corrected chi connectivity index (χ0v) is 9.83. The van der Waals surface area contributed by atoms with Gasteiger partial charge in [0.1, 0.15) is 0 Å². The van der Waals surface area contributed by atoms with Crippen molar-refractivity contribution in [3.63, 3.8) is 0 Å². The van der Waals surface area contributed by atoms with Crippen molar-refractivity contribution in [1.82, 2.24) is 5.32 Å². The molecule has 0 radical (unpaired) electrons. The predicted molar refractivity (Wildman–Crippen MR) is 56.7 cm³/mol. The van der Waals surface area contributed by atoms with E-state index in [2.05, 4.69) is 0 Å². The number of carbonyl (C=O) groups excluding carboxylic acids is 2. The Bertz CT molecular complexity index is 309. The Morgan fingerprint density at radius 2 is 2.07 bits per heavy atom. The predicted octanol–water partition coefficient (Wildman–Crippen LogP) is 1.69. The van der Waals surface area contributed by atoms with Crippen molar-refractivity contribution >= 4 is 46.6 Å². The molecule has 0 spiro atoms. The van der Waals surface area contributed by atoms with E-state index in [9.17, 15) is 9.59 Å². The summed E-state index contributed by atoms with van der Waals surface area (Å²) in [6.45, 7) is 0.565. The van der Waals surface area contributed by atoms with Crippen LogP contribution in [0.25, 0.3) is 0 Å². The third kappa shape index (κ3) is 3.89. The van der Waals surface area contributed by atoms with Gasteiger partial charge in [0.25, 0.3) is 15.6 Å². The van der Waals surface area contributed by atoms with Gasteiger partial charge in [-0.2, -0.15) is 0 Å². The van der Waals surface area contributed by atoms with Gasteiger partial charge in [0.15, 0.2) is 0 Å². The Kier molecular flexibility index (Phi) is 4.25.